The molecule has 2 heterocycles. The number of nitrogens with zero attached hydrogens (tertiary/aromatic N) is 2. The van der Waals surface area contributed by atoms with Crippen LogP contribution in [0.4, 0.5) is 0 Å². The Morgan fingerprint density at radius 1 is 1.18 bits per heavy atom. The zero-order chi connectivity index (χ0) is 18.7. The summed E-state index contributed by atoms with van der Waals surface area (Å²) in [6, 6.07) is 15.3. The lowest BCUT2D eigenvalue weighted by atomic mass is 9.65. The van der Waals surface area contributed by atoms with Crippen LogP contribution in [-0.4, -0.2) is 29.7 Å². The van der Waals surface area contributed by atoms with E-state index in [4.69, 9.17) is 4.52 Å². The molecule has 1 fully saturated rings. The molecule has 1 saturated heterocycles. The molecule has 0 radical (unpaired) electrons. The number of para-hydroxylation sites is 1. The highest BCUT2D eigenvalue weighted by Gasteiger charge is 2.52. The number of hydrogen-bond donors (Lipinski definition) is 0. The lowest BCUT2D eigenvalue weighted by Gasteiger charge is -2.43. The maximum atomic E-state index is 5.50. The molecule has 3 atom stereocenters. The number of hydrogen-bond acceptors (Lipinski definition) is 3. The number of fused-ring (bicyclic) bond motifs is 4. The van der Waals surface area contributed by atoms with Crippen LogP contribution in [0.3, 0.4) is 0 Å². The van der Waals surface area contributed by atoms with Crippen molar-refractivity contribution in [2.75, 3.05) is 19.6 Å². The Hall–Kier alpha value is -2.13. The number of rotatable bonds is 3. The average molecular weight is 373 g/mol. The molecular formula is C25H28N2O. The molecule has 0 N–H and O–H groups in total. The van der Waals surface area contributed by atoms with Gasteiger partial charge in [-0.2, -0.15) is 0 Å². The highest BCUT2D eigenvalue weighted by Crippen LogP contribution is 2.58. The second-order valence-corrected chi connectivity index (χ2v) is 9.33. The van der Waals surface area contributed by atoms with Crippen molar-refractivity contribution in [3.05, 3.63) is 64.8 Å². The quantitative estimate of drug-likeness (QED) is 0.642. The van der Waals surface area contributed by atoms with Crippen molar-refractivity contribution in [1.29, 1.82) is 0 Å². The maximum absolute atomic E-state index is 5.50. The van der Waals surface area contributed by atoms with Gasteiger partial charge in [0.2, 0.25) is 0 Å². The molecule has 1 aromatic heterocycles. The zero-order valence-electron chi connectivity index (χ0n) is 16.7. The molecule has 0 amide bonds. The molecule has 28 heavy (non-hydrogen) atoms. The van der Waals surface area contributed by atoms with Gasteiger partial charge in [-0.3, -0.25) is 0 Å². The smallest absolute Gasteiger partial charge is 0.167 e. The van der Waals surface area contributed by atoms with Crippen LogP contribution in [0.25, 0.3) is 11.0 Å². The number of piperidine rings is 1. The van der Waals surface area contributed by atoms with Gasteiger partial charge in [-0.1, -0.05) is 42.4 Å². The van der Waals surface area contributed by atoms with Gasteiger partial charge in [-0.15, -0.1) is 0 Å². The van der Waals surface area contributed by atoms with Crippen LogP contribution in [0.1, 0.15) is 54.5 Å². The summed E-state index contributed by atoms with van der Waals surface area (Å²) in [5.74, 6) is 1.54. The lowest BCUT2D eigenvalue weighted by Crippen LogP contribution is -2.43. The highest BCUT2D eigenvalue weighted by atomic mass is 16.5. The van der Waals surface area contributed by atoms with Crippen molar-refractivity contribution in [2.24, 2.45) is 5.92 Å². The van der Waals surface area contributed by atoms with Crippen molar-refractivity contribution in [3.63, 3.8) is 0 Å². The Labute approximate surface area is 166 Å². The number of aryl methyl sites for hydroxylation is 1. The minimum absolute atomic E-state index is 0.420. The molecule has 2 aliphatic carbocycles. The van der Waals surface area contributed by atoms with Gasteiger partial charge >= 0.3 is 0 Å². The summed E-state index contributed by atoms with van der Waals surface area (Å²) in [4.78, 5) is 2.67. The summed E-state index contributed by atoms with van der Waals surface area (Å²) in [5, 5.41) is 5.51. The molecule has 3 nitrogen and oxygen atoms in total. The molecule has 0 spiro atoms. The molecule has 3 aromatic rings. The third-order valence-corrected chi connectivity index (χ3v) is 7.93. The molecule has 3 aliphatic rings. The molecule has 6 rings (SSSR count). The normalized spacial score (nSPS) is 29.0. The van der Waals surface area contributed by atoms with Gasteiger partial charge in [0.1, 0.15) is 0 Å². The first kappa shape index (κ1) is 16.8. The molecular weight excluding hydrogens is 344 g/mol. The van der Waals surface area contributed by atoms with E-state index < -0.39 is 0 Å². The first-order valence-corrected chi connectivity index (χ1v) is 10.9. The average Bonchev–Trinajstić information content (AvgIpc) is 3.25. The van der Waals surface area contributed by atoms with E-state index in [1.54, 1.807) is 16.7 Å². The van der Waals surface area contributed by atoms with Gasteiger partial charge in [0.15, 0.2) is 5.58 Å². The summed E-state index contributed by atoms with van der Waals surface area (Å²) >= 11 is 0. The van der Waals surface area contributed by atoms with Crippen molar-refractivity contribution in [3.8, 4) is 0 Å². The molecule has 3 heteroatoms. The Kier molecular flexibility index (Phi) is 3.71. The lowest BCUT2D eigenvalue weighted by molar-refractivity contribution is 0.119. The van der Waals surface area contributed by atoms with E-state index in [0.717, 1.165) is 30.2 Å². The topological polar surface area (TPSA) is 29.3 Å². The van der Waals surface area contributed by atoms with Gasteiger partial charge in [-0.25, -0.2) is 0 Å². The summed E-state index contributed by atoms with van der Waals surface area (Å²) in [6.45, 7) is 6.06. The van der Waals surface area contributed by atoms with Crippen LogP contribution in [0.5, 0.6) is 0 Å². The van der Waals surface area contributed by atoms with Crippen molar-refractivity contribution < 1.29 is 4.52 Å². The Balaban J connectivity index is 1.24. The van der Waals surface area contributed by atoms with E-state index in [2.05, 4.69) is 47.3 Å². The van der Waals surface area contributed by atoms with E-state index in [0.29, 0.717) is 11.3 Å². The predicted octanol–water partition coefficient (Wildman–Crippen LogP) is 5.08. The van der Waals surface area contributed by atoms with Crippen molar-refractivity contribution in [1.82, 2.24) is 10.1 Å². The van der Waals surface area contributed by atoms with Gasteiger partial charge in [0, 0.05) is 30.8 Å². The SMILES string of the molecule is CC12CCCc3cccc(c31)C1CN(CCc3noc4ccccc34)CCC12. The third kappa shape index (κ3) is 2.35. The largest absolute Gasteiger partial charge is 0.356 e. The predicted molar refractivity (Wildman–Crippen MR) is 112 cm³/mol. The number of likely N-dealkylation sites (tertiary alicyclic amines) is 1. The Bertz CT molecular complexity index is 1040. The molecule has 2 aromatic carbocycles. The summed E-state index contributed by atoms with van der Waals surface area (Å²) in [6.07, 6.45) is 6.32. The maximum Gasteiger partial charge on any atom is 0.167 e. The summed E-state index contributed by atoms with van der Waals surface area (Å²) in [5.41, 5.74) is 7.48. The molecule has 0 bridgehead atoms. The third-order valence-electron chi connectivity index (χ3n) is 7.93. The standard InChI is InChI=1S/C25H28N2O/c1-25-13-5-7-17-6-4-9-18(24(17)25)20-16-27(14-11-21(20)25)15-12-22-19-8-2-3-10-23(19)28-26-22/h2-4,6,8-10,20-21H,5,7,11-16H2,1H3. The molecule has 0 saturated carbocycles. The summed E-state index contributed by atoms with van der Waals surface area (Å²) < 4.78 is 5.50. The summed E-state index contributed by atoms with van der Waals surface area (Å²) in [7, 11) is 0. The second-order valence-electron chi connectivity index (χ2n) is 9.33. The van der Waals surface area contributed by atoms with Crippen LogP contribution >= 0.6 is 0 Å². The first-order chi connectivity index (χ1) is 13.7. The monoisotopic (exact) mass is 372 g/mol. The van der Waals surface area contributed by atoms with E-state index >= 15 is 0 Å². The number of benzene rings is 2. The van der Waals surface area contributed by atoms with Gasteiger partial charge < -0.3 is 9.42 Å². The Morgan fingerprint density at radius 3 is 3.07 bits per heavy atom. The van der Waals surface area contributed by atoms with Gasteiger partial charge in [0.05, 0.1) is 5.69 Å². The highest BCUT2D eigenvalue weighted by molar-refractivity contribution is 5.79. The van der Waals surface area contributed by atoms with E-state index in [9.17, 15) is 0 Å². The molecule has 144 valence electrons. The van der Waals surface area contributed by atoms with Crippen LogP contribution in [0, 0.1) is 5.92 Å². The second kappa shape index (κ2) is 6.18. The molecule has 1 aliphatic heterocycles. The van der Waals surface area contributed by atoms with Crippen LogP contribution in [0.15, 0.2) is 47.0 Å². The first-order valence-electron chi connectivity index (χ1n) is 10.9. The van der Waals surface area contributed by atoms with Gasteiger partial charge in [0.25, 0.3) is 0 Å². The van der Waals surface area contributed by atoms with Gasteiger partial charge in [-0.05, 0) is 72.4 Å². The molecule has 3 unspecified atom stereocenters. The minimum Gasteiger partial charge on any atom is -0.356 e. The van der Waals surface area contributed by atoms with Crippen molar-refractivity contribution in [2.45, 2.75) is 50.4 Å². The fraction of sp³-hybridized carbons (Fsp3) is 0.480. The van der Waals surface area contributed by atoms with Crippen molar-refractivity contribution >= 4 is 11.0 Å². The fourth-order valence-electron chi connectivity index (χ4n) is 6.66. The Morgan fingerprint density at radius 2 is 2.11 bits per heavy atom. The van der Waals surface area contributed by atoms with E-state index in [-0.39, 0.29) is 0 Å². The van der Waals surface area contributed by atoms with Crippen LogP contribution < -0.4 is 0 Å². The zero-order valence-corrected chi connectivity index (χ0v) is 16.7. The van der Waals surface area contributed by atoms with E-state index in [1.165, 1.54) is 44.2 Å². The fourth-order valence-corrected chi connectivity index (χ4v) is 6.66. The van der Waals surface area contributed by atoms with Crippen LogP contribution in [-0.2, 0) is 18.3 Å². The van der Waals surface area contributed by atoms with Crippen LogP contribution in [0.2, 0.25) is 0 Å². The minimum atomic E-state index is 0.420. The number of aromatic nitrogens is 1. The van der Waals surface area contributed by atoms with E-state index in [1.807, 2.05) is 12.1 Å².